The molecule has 0 unspecified atom stereocenters. The molecule has 1 aliphatic rings. The minimum absolute atomic E-state index is 0.0743. The summed E-state index contributed by atoms with van der Waals surface area (Å²) in [5.74, 6) is 0.0743. The van der Waals surface area contributed by atoms with Gasteiger partial charge in [-0.15, -0.1) is 0 Å². The molecule has 0 spiro atoms. The molecule has 2 aromatic rings. The van der Waals surface area contributed by atoms with Crippen LogP contribution in [-0.2, 0) is 6.54 Å². The third-order valence-electron chi connectivity index (χ3n) is 4.19. The molecule has 1 N–H and O–H groups in total. The predicted octanol–water partition coefficient (Wildman–Crippen LogP) is 1.84. The first-order valence-electron chi connectivity index (χ1n) is 7.38. The van der Waals surface area contributed by atoms with Crippen LogP contribution in [0.5, 0.6) is 0 Å². The standard InChI is InChI=1S/C15H21N5O/c1-10-7-11(2)20(18-10)9-13-5-4-6-19(13)15(21)14-8-16-17-12(14)3/h7-8,13H,4-6,9H2,1-3H3,(H,16,17)/t13-/m1/s1. The van der Waals surface area contributed by atoms with E-state index >= 15 is 0 Å². The lowest BCUT2D eigenvalue weighted by atomic mass is 10.2. The van der Waals surface area contributed by atoms with Gasteiger partial charge in [0, 0.05) is 17.9 Å². The van der Waals surface area contributed by atoms with Gasteiger partial charge in [0.2, 0.25) is 0 Å². The van der Waals surface area contributed by atoms with E-state index in [0.29, 0.717) is 5.56 Å². The average molecular weight is 287 g/mol. The molecule has 0 aliphatic carbocycles. The Labute approximate surface area is 124 Å². The Balaban J connectivity index is 1.78. The molecule has 6 heteroatoms. The number of aromatic nitrogens is 4. The minimum Gasteiger partial charge on any atom is -0.334 e. The lowest BCUT2D eigenvalue weighted by Gasteiger charge is -2.25. The van der Waals surface area contributed by atoms with E-state index < -0.39 is 0 Å². The summed E-state index contributed by atoms with van der Waals surface area (Å²) < 4.78 is 2.01. The number of likely N-dealkylation sites (tertiary alicyclic amines) is 1. The fourth-order valence-electron chi connectivity index (χ4n) is 3.07. The van der Waals surface area contributed by atoms with Crippen molar-refractivity contribution in [3.63, 3.8) is 0 Å². The molecule has 0 saturated carbocycles. The van der Waals surface area contributed by atoms with Gasteiger partial charge >= 0.3 is 0 Å². The van der Waals surface area contributed by atoms with Gasteiger partial charge in [0.15, 0.2) is 0 Å². The number of nitrogens with one attached hydrogen (secondary N) is 1. The highest BCUT2D eigenvalue weighted by molar-refractivity contribution is 5.95. The Kier molecular flexibility index (Phi) is 3.53. The second-order valence-electron chi connectivity index (χ2n) is 5.81. The molecule has 3 rings (SSSR count). The first-order chi connectivity index (χ1) is 10.1. The summed E-state index contributed by atoms with van der Waals surface area (Å²) in [7, 11) is 0. The fourth-order valence-corrected chi connectivity index (χ4v) is 3.07. The number of carbonyl (C=O) groups is 1. The molecule has 112 valence electrons. The van der Waals surface area contributed by atoms with Crippen LogP contribution >= 0.6 is 0 Å². The molecule has 1 saturated heterocycles. The predicted molar refractivity (Wildman–Crippen MR) is 79.1 cm³/mol. The van der Waals surface area contributed by atoms with Gasteiger partial charge in [0.25, 0.3) is 5.91 Å². The SMILES string of the molecule is Cc1cc(C)n(C[C@H]2CCCN2C(=O)c2cn[nH]c2C)n1. The lowest BCUT2D eigenvalue weighted by Crippen LogP contribution is -2.38. The third-order valence-corrected chi connectivity index (χ3v) is 4.19. The van der Waals surface area contributed by atoms with Crippen molar-refractivity contribution in [2.24, 2.45) is 0 Å². The number of amides is 1. The minimum atomic E-state index is 0.0743. The maximum absolute atomic E-state index is 12.7. The molecule has 1 fully saturated rings. The van der Waals surface area contributed by atoms with Gasteiger partial charge < -0.3 is 4.90 Å². The molecule has 1 atom stereocenters. The number of aromatic amines is 1. The molecule has 0 bridgehead atoms. The van der Waals surface area contributed by atoms with Crippen molar-refractivity contribution in [1.29, 1.82) is 0 Å². The van der Waals surface area contributed by atoms with Crippen LogP contribution in [0.15, 0.2) is 12.3 Å². The largest absolute Gasteiger partial charge is 0.334 e. The number of H-pyrrole nitrogens is 1. The Hall–Kier alpha value is -2.11. The van der Waals surface area contributed by atoms with Crippen LogP contribution in [0.4, 0.5) is 0 Å². The number of hydrogen-bond donors (Lipinski definition) is 1. The van der Waals surface area contributed by atoms with Gasteiger partial charge in [-0.3, -0.25) is 14.6 Å². The Bertz CT molecular complexity index is 657. The number of hydrogen-bond acceptors (Lipinski definition) is 3. The van der Waals surface area contributed by atoms with Crippen molar-refractivity contribution >= 4 is 5.91 Å². The number of nitrogens with zero attached hydrogens (tertiary/aromatic N) is 4. The monoisotopic (exact) mass is 287 g/mol. The van der Waals surface area contributed by atoms with E-state index in [9.17, 15) is 4.79 Å². The van der Waals surface area contributed by atoms with Crippen LogP contribution in [0.1, 0.15) is 40.3 Å². The van der Waals surface area contributed by atoms with Crippen molar-refractivity contribution in [1.82, 2.24) is 24.9 Å². The van der Waals surface area contributed by atoms with Gasteiger partial charge in [-0.2, -0.15) is 10.2 Å². The molecule has 3 heterocycles. The van der Waals surface area contributed by atoms with Crippen LogP contribution in [-0.4, -0.2) is 43.4 Å². The first kappa shape index (κ1) is 13.9. The zero-order chi connectivity index (χ0) is 15.0. The number of carbonyl (C=O) groups excluding carboxylic acids is 1. The van der Waals surface area contributed by atoms with E-state index in [1.165, 1.54) is 0 Å². The van der Waals surface area contributed by atoms with Gasteiger partial charge in [-0.05, 0) is 39.7 Å². The Morgan fingerprint density at radius 1 is 1.43 bits per heavy atom. The molecule has 0 radical (unpaired) electrons. The van der Waals surface area contributed by atoms with E-state index in [4.69, 9.17) is 0 Å². The first-order valence-corrected chi connectivity index (χ1v) is 7.38. The molecule has 21 heavy (non-hydrogen) atoms. The molecule has 0 aromatic carbocycles. The second kappa shape index (κ2) is 5.35. The van der Waals surface area contributed by atoms with E-state index in [2.05, 4.69) is 28.3 Å². The quantitative estimate of drug-likeness (QED) is 0.936. The highest BCUT2D eigenvalue weighted by Crippen LogP contribution is 2.22. The maximum Gasteiger partial charge on any atom is 0.257 e. The van der Waals surface area contributed by atoms with Crippen molar-refractivity contribution in [2.75, 3.05) is 6.54 Å². The van der Waals surface area contributed by atoms with Crippen molar-refractivity contribution in [3.05, 3.63) is 34.9 Å². The number of aryl methyl sites for hydroxylation is 3. The van der Waals surface area contributed by atoms with Crippen molar-refractivity contribution in [2.45, 2.75) is 46.2 Å². The topological polar surface area (TPSA) is 66.8 Å². The van der Waals surface area contributed by atoms with Gasteiger partial charge in [0.1, 0.15) is 0 Å². The highest BCUT2D eigenvalue weighted by atomic mass is 16.2. The highest BCUT2D eigenvalue weighted by Gasteiger charge is 2.31. The Morgan fingerprint density at radius 2 is 2.24 bits per heavy atom. The van der Waals surface area contributed by atoms with Crippen LogP contribution < -0.4 is 0 Å². The molecular formula is C15H21N5O. The molecule has 2 aromatic heterocycles. The molecule has 6 nitrogen and oxygen atoms in total. The third kappa shape index (κ3) is 2.57. The number of rotatable bonds is 3. The van der Waals surface area contributed by atoms with Crippen LogP contribution in [0, 0.1) is 20.8 Å². The van der Waals surface area contributed by atoms with Gasteiger partial charge in [-0.1, -0.05) is 0 Å². The smallest absolute Gasteiger partial charge is 0.257 e. The lowest BCUT2D eigenvalue weighted by molar-refractivity contribution is 0.0720. The van der Waals surface area contributed by atoms with E-state index in [0.717, 1.165) is 43.0 Å². The summed E-state index contributed by atoms with van der Waals surface area (Å²) >= 11 is 0. The van der Waals surface area contributed by atoms with Gasteiger partial charge in [0.05, 0.1) is 30.0 Å². The van der Waals surface area contributed by atoms with E-state index in [1.807, 2.05) is 23.4 Å². The molecular weight excluding hydrogens is 266 g/mol. The van der Waals surface area contributed by atoms with Crippen LogP contribution in [0.2, 0.25) is 0 Å². The summed E-state index contributed by atoms with van der Waals surface area (Å²) in [6, 6.07) is 2.28. The normalized spacial score (nSPS) is 18.4. The zero-order valence-corrected chi connectivity index (χ0v) is 12.8. The summed E-state index contributed by atoms with van der Waals surface area (Å²) in [5, 5.41) is 11.3. The summed E-state index contributed by atoms with van der Waals surface area (Å²) in [6.45, 7) is 7.51. The van der Waals surface area contributed by atoms with E-state index in [1.54, 1.807) is 6.20 Å². The Morgan fingerprint density at radius 3 is 2.86 bits per heavy atom. The van der Waals surface area contributed by atoms with E-state index in [-0.39, 0.29) is 11.9 Å². The van der Waals surface area contributed by atoms with Crippen LogP contribution in [0.25, 0.3) is 0 Å². The summed E-state index contributed by atoms with van der Waals surface area (Å²) in [5.41, 5.74) is 3.67. The average Bonchev–Trinajstić information content (AvgIpc) is 3.12. The summed E-state index contributed by atoms with van der Waals surface area (Å²) in [4.78, 5) is 14.6. The van der Waals surface area contributed by atoms with Crippen molar-refractivity contribution in [3.8, 4) is 0 Å². The fraction of sp³-hybridized carbons (Fsp3) is 0.533. The molecule has 1 amide bonds. The maximum atomic E-state index is 12.7. The second-order valence-corrected chi connectivity index (χ2v) is 5.81. The van der Waals surface area contributed by atoms with Crippen molar-refractivity contribution < 1.29 is 4.79 Å². The van der Waals surface area contributed by atoms with Crippen LogP contribution in [0.3, 0.4) is 0 Å². The van der Waals surface area contributed by atoms with Gasteiger partial charge in [-0.25, -0.2) is 0 Å². The molecule has 1 aliphatic heterocycles. The zero-order valence-electron chi connectivity index (χ0n) is 12.8. The summed E-state index contributed by atoms with van der Waals surface area (Å²) in [6.07, 6.45) is 3.70.